The number of benzene rings is 1. The van der Waals surface area contributed by atoms with Crippen LogP contribution in [0.1, 0.15) is 30.0 Å². The number of aryl methyl sites for hydroxylation is 1. The zero-order chi connectivity index (χ0) is 19.0. The number of alkyl halides is 3. The van der Waals surface area contributed by atoms with Crippen LogP contribution in [0.3, 0.4) is 0 Å². The van der Waals surface area contributed by atoms with Gasteiger partial charge in [-0.3, -0.25) is 0 Å². The first-order chi connectivity index (χ1) is 12.9. The molecule has 5 nitrogen and oxygen atoms in total. The molecule has 0 N–H and O–H groups in total. The van der Waals surface area contributed by atoms with Crippen LogP contribution in [-0.4, -0.2) is 42.5 Å². The van der Waals surface area contributed by atoms with Crippen molar-refractivity contribution >= 4 is 11.6 Å². The number of rotatable bonds is 4. The summed E-state index contributed by atoms with van der Waals surface area (Å²) in [6, 6.07) is 6.01. The van der Waals surface area contributed by atoms with Gasteiger partial charge in [0, 0.05) is 44.0 Å². The predicted molar refractivity (Wildman–Crippen MR) is 96.3 cm³/mol. The molecule has 2 aromatic rings. The molecule has 144 valence electrons. The summed E-state index contributed by atoms with van der Waals surface area (Å²) < 4.78 is 40.7. The third-order valence-corrected chi connectivity index (χ3v) is 4.96. The quantitative estimate of drug-likeness (QED) is 0.808. The highest BCUT2D eigenvalue weighted by Crippen LogP contribution is 2.40. The minimum atomic E-state index is -4.67. The molecule has 2 fully saturated rings. The molecule has 8 heteroatoms. The van der Waals surface area contributed by atoms with Crippen molar-refractivity contribution in [3.05, 3.63) is 41.7 Å². The molecular weight excluding hydrogens is 357 g/mol. The van der Waals surface area contributed by atoms with E-state index in [1.54, 1.807) is 12.1 Å². The van der Waals surface area contributed by atoms with Crippen molar-refractivity contribution < 1.29 is 17.9 Å². The molecule has 0 atom stereocenters. The average molecular weight is 378 g/mol. The number of ether oxygens (including phenoxy) is 1. The first kappa shape index (κ1) is 17.9. The Kier molecular flexibility index (Phi) is 4.57. The van der Waals surface area contributed by atoms with Crippen LogP contribution in [-0.2, 0) is 0 Å². The molecule has 0 amide bonds. The van der Waals surface area contributed by atoms with Crippen LogP contribution >= 0.6 is 0 Å². The third-order valence-electron chi connectivity index (χ3n) is 4.96. The lowest BCUT2D eigenvalue weighted by atomic mass is 10.2. The second-order valence-corrected chi connectivity index (χ2v) is 7.03. The van der Waals surface area contributed by atoms with Crippen molar-refractivity contribution in [2.24, 2.45) is 0 Å². The van der Waals surface area contributed by atoms with Gasteiger partial charge < -0.3 is 14.5 Å². The van der Waals surface area contributed by atoms with Crippen LogP contribution in [0.15, 0.2) is 30.5 Å². The highest BCUT2D eigenvalue weighted by Gasteiger charge is 2.31. The topological polar surface area (TPSA) is 41.5 Å². The number of piperazine rings is 1. The molecule has 1 aliphatic heterocycles. The third kappa shape index (κ3) is 4.26. The molecule has 1 aromatic carbocycles. The zero-order valence-corrected chi connectivity index (χ0v) is 15.0. The average Bonchev–Trinajstić information content (AvgIpc) is 3.47. The molecule has 0 bridgehead atoms. The summed E-state index contributed by atoms with van der Waals surface area (Å²) in [5.41, 5.74) is 3.21. The molecular formula is C19H21F3N4O. The maximum Gasteiger partial charge on any atom is 0.573 e. The minimum absolute atomic E-state index is 0.203. The number of anilines is 2. The fraction of sp³-hybridized carbons (Fsp3) is 0.474. The van der Waals surface area contributed by atoms with Gasteiger partial charge in [-0.05, 0) is 49.6 Å². The molecule has 4 rings (SSSR count). The lowest BCUT2D eigenvalue weighted by molar-refractivity contribution is -0.274. The van der Waals surface area contributed by atoms with Gasteiger partial charge in [0.2, 0.25) is 5.95 Å². The molecule has 1 saturated carbocycles. The predicted octanol–water partition coefficient (Wildman–Crippen LogP) is 3.89. The van der Waals surface area contributed by atoms with Crippen molar-refractivity contribution in [2.45, 2.75) is 32.0 Å². The van der Waals surface area contributed by atoms with E-state index < -0.39 is 6.36 Å². The van der Waals surface area contributed by atoms with Gasteiger partial charge in [0.15, 0.2) is 0 Å². The summed E-state index contributed by atoms with van der Waals surface area (Å²) >= 11 is 0. The second kappa shape index (κ2) is 6.90. The van der Waals surface area contributed by atoms with Gasteiger partial charge in [0.25, 0.3) is 0 Å². The van der Waals surface area contributed by atoms with Gasteiger partial charge in [0.05, 0.1) is 5.69 Å². The van der Waals surface area contributed by atoms with Gasteiger partial charge in [-0.2, -0.15) is 0 Å². The summed E-state index contributed by atoms with van der Waals surface area (Å²) in [4.78, 5) is 13.6. The van der Waals surface area contributed by atoms with Gasteiger partial charge >= 0.3 is 6.36 Å². The molecule has 0 radical (unpaired) electrons. The van der Waals surface area contributed by atoms with Crippen molar-refractivity contribution in [1.82, 2.24) is 9.97 Å². The SMILES string of the molecule is Cc1cnc(N2CCN(c3ccc(OC(F)(F)F)cc3)CC2)nc1C1CC1. The Hall–Kier alpha value is -2.51. The minimum Gasteiger partial charge on any atom is -0.406 e. The summed E-state index contributed by atoms with van der Waals surface area (Å²) in [6.45, 7) is 5.12. The highest BCUT2D eigenvalue weighted by molar-refractivity contribution is 5.51. The normalized spacial score (nSPS) is 17.9. The number of aromatic nitrogens is 2. The lowest BCUT2D eigenvalue weighted by Crippen LogP contribution is -2.47. The Balaban J connectivity index is 1.38. The van der Waals surface area contributed by atoms with Gasteiger partial charge in [-0.15, -0.1) is 13.2 Å². The van der Waals surface area contributed by atoms with Crippen LogP contribution in [0.25, 0.3) is 0 Å². The standard InChI is InChI=1S/C19H21F3N4O/c1-13-12-23-18(24-17(13)14-2-3-14)26-10-8-25(9-11-26)15-4-6-16(7-5-15)27-19(20,21)22/h4-7,12,14H,2-3,8-11H2,1H3. The highest BCUT2D eigenvalue weighted by atomic mass is 19.4. The van der Waals surface area contributed by atoms with E-state index in [0.717, 1.165) is 43.4 Å². The van der Waals surface area contributed by atoms with Gasteiger partial charge in [0.1, 0.15) is 5.75 Å². The number of nitrogens with zero attached hydrogens (tertiary/aromatic N) is 4. The van der Waals surface area contributed by atoms with Gasteiger partial charge in [-0.1, -0.05) is 0 Å². The fourth-order valence-electron chi connectivity index (χ4n) is 3.39. The lowest BCUT2D eigenvalue weighted by Gasteiger charge is -2.36. The Morgan fingerprint density at radius 3 is 2.22 bits per heavy atom. The van der Waals surface area contributed by atoms with Crippen molar-refractivity contribution in [2.75, 3.05) is 36.0 Å². The number of hydrogen-bond donors (Lipinski definition) is 0. The van der Waals surface area contributed by atoms with E-state index in [2.05, 4.69) is 26.4 Å². The summed E-state index contributed by atoms with van der Waals surface area (Å²) in [7, 11) is 0. The van der Waals surface area contributed by atoms with Crippen LogP contribution in [0.4, 0.5) is 24.8 Å². The van der Waals surface area contributed by atoms with E-state index in [-0.39, 0.29) is 5.75 Å². The van der Waals surface area contributed by atoms with Crippen LogP contribution in [0, 0.1) is 6.92 Å². The molecule has 1 aliphatic carbocycles. The number of hydrogen-bond acceptors (Lipinski definition) is 5. The van der Waals surface area contributed by atoms with Crippen LogP contribution in [0.5, 0.6) is 5.75 Å². The van der Waals surface area contributed by atoms with Crippen molar-refractivity contribution in [1.29, 1.82) is 0 Å². The van der Waals surface area contributed by atoms with E-state index in [1.807, 2.05) is 6.20 Å². The summed E-state index contributed by atoms with van der Waals surface area (Å²) in [5, 5.41) is 0. The molecule has 27 heavy (non-hydrogen) atoms. The summed E-state index contributed by atoms with van der Waals surface area (Å²) in [5.74, 6) is 1.16. The molecule has 0 spiro atoms. The molecule has 1 saturated heterocycles. The molecule has 2 heterocycles. The Labute approximate surface area is 155 Å². The maximum absolute atomic E-state index is 12.3. The smallest absolute Gasteiger partial charge is 0.406 e. The zero-order valence-electron chi connectivity index (χ0n) is 15.0. The van der Waals surface area contributed by atoms with Crippen molar-refractivity contribution in [3.8, 4) is 5.75 Å². The molecule has 1 aromatic heterocycles. The van der Waals surface area contributed by atoms with E-state index in [4.69, 9.17) is 4.98 Å². The first-order valence-corrected chi connectivity index (χ1v) is 9.08. The van der Waals surface area contributed by atoms with Crippen molar-refractivity contribution in [3.63, 3.8) is 0 Å². The van der Waals surface area contributed by atoms with E-state index >= 15 is 0 Å². The van der Waals surface area contributed by atoms with E-state index in [0.29, 0.717) is 5.92 Å². The molecule has 0 unspecified atom stereocenters. The van der Waals surface area contributed by atoms with Crippen LogP contribution < -0.4 is 14.5 Å². The van der Waals surface area contributed by atoms with E-state index in [9.17, 15) is 13.2 Å². The van der Waals surface area contributed by atoms with E-state index in [1.165, 1.54) is 30.7 Å². The largest absolute Gasteiger partial charge is 0.573 e. The Morgan fingerprint density at radius 1 is 1.00 bits per heavy atom. The molecule has 2 aliphatic rings. The number of halogens is 3. The van der Waals surface area contributed by atoms with Crippen LogP contribution in [0.2, 0.25) is 0 Å². The fourth-order valence-corrected chi connectivity index (χ4v) is 3.39. The van der Waals surface area contributed by atoms with Gasteiger partial charge in [-0.25, -0.2) is 9.97 Å². The second-order valence-electron chi connectivity index (χ2n) is 7.03. The Bertz CT molecular complexity index is 798. The summed E-state index contributed by atoms with van der Waals surface area (Å²) in [6.07, 6.45) is -0.347. The Morgan fingerprint density at radius 2 is 1.63 bits per heavy atom. The monoisotopic (exact) mass is 378 g/mol. The first-order valence-electron chi connectivity index (χ1n) is 9.08. The maximum atomic E-state index is 12.3.